The van der Waals surface area contributed by atoms with Crippen LogP contribution in [0.25, 0.3) is 0 Å². The average Bonchev–Trinajstić information content (AvgIpc) is 2.43. The van der Waals surface area contributed by atoms with Gasteiger partial charge in [-0.15, -0.1) is 0 Å². The Bertz CT molecular complexity index is 490. The number of primary amides is 1. The second-order valence-electron chi connectivity index (χ2n) is 4.87. The number of hydrogen-bond donors (Lipinski definition) is 2. The molecular weight excluding hydrogens is 252 g/mol. The SMILES string of the molecule is CCCCc1ccc(CC/C(N)=C/C(=O)C(N)=O)cc1. The zero-order chi connectivity index (χ0) is 15.0. The number of allylic oxidation sites excluding steroid dienone is 1. The molecule has 0 fully saturated rings. The third-order valence-electron chi connectivity index (χ3n) is 3.10. The van der Waals surface area contributed by atoms with Gasteiger partial charge >= 0.3 is 0 Å². The summed E-state index contributed by atoms with van der Waals surface area (Å²) in [6.45, 7) is 2.18. The predicted octanol–water partition coefficient (Wildman–Crippen LogP) is 1.86. The van der Waals surface area contributed by atoms with E-state index in [2.05, 4.69) is 31.2 Å². The van der Waals surface area contributed by atoms with Crippen molar-refractivity contribution in [3.8, 4) is 0 Å². The summed E-state index contributed by atoms with van der Waals surface area (Å²) in [5, 5.41) is 0. The van der Waals surface area contributed by atoms with Crippen LogP contribution in [0.2, 0.25) is 0 Å². The van der Waals surface area contributed by atoms with E-state index in [0.717, 1.165) is 24.5 Å². The molecule has 4 nitrogen and oxygen atoms in total. The second kappa shape index (κ2) is 8.15. The van der Waals surface area contributed by atoms with E-state index in [1.54, 1.807) is 0 Å². The van der Waals surface area contributed by atoms with Crippen molar-refractivity contribution >= 4 is 11.7 Å². The summed E-state index contributed by atoms with van der Waals surface area (Å²) in [5.41, 5.74) is 13.4. The molecule has 0 saturated heterocycles. The van der Waals surface area contributed by atoms with Crippen molar-refractivity contribution < 1.29 is 9.59 Å². The van der Waals surface area contributed by atoms with Crippen LogP contribution in [0.3, 0.4) is 0 Å². The van der Waals surface area contributed by atoms with Gasteiger partial charge in [0.15, 0.2) is 0 Å². The van der Waals surface area contributed by atoms with Crippen LogP contribution in [0.4, 0.5) is 0 Å². The maximum Gasteiger partial charge on any atom is 0.289 e. The molecule has 0 aliphatic carbocycles. The van der Waals surface area contributed by atoms with Crippen LogP contribution in [-0.2, 0) is 22.4 Å². The Kier molecular flexibility index (Phi) is 6.50. The first-order valence-corrected chi connectivity index (χ1v) is 6.90. The predicted molar refractivity (Wildman–Crippen MR) is 79.8 cm³/mol. The molecule has 0 aliphatic heterocycles. The molecule has 20 heavy (non-hydrogen) atoms. The van der Waals surface area contributed by atoms with E-state index < -0.39 is 11.7 Å². The standard InChI is InChI=1S/C16H22N2O2/c1-2-3-4-12-5-7-13(8-6-12)9-10-14(17)11-15(19)16(18)20/h5-8,11H,2-4,9-10,17H2,1H3,(H2,18,20)/b14-11-. The minimum Gasteiger partial charge on any atom is -0.402 e. The number of nitrogens with two attached hydrogens (primary N) is 2. The van der Waals surface area contributed by atoms with Gasteiger partial charge in [-0.25, -0.2) is 0 Å². The summed E-state index contributed by atoms with van der Waals surface area (Å²) in [5.74, 6) is -1.73. The molecule has 0 aromatic heterocycles. The lowest BCUT2D eigenvalue weighted by Crippen LogP contribution is -2.22. The molecule has 0 unspecified atom stereocenters. The maximum atomic E-state index is 11.1. The van der Waals surface area contributed by atoms with E-state index in [-0.39, 0.29) is 0 Å². The molecule has 0 aliphatic rings. The lowest BCUT2D eigenvalue weighted by Gasteiger charge is -2.04. The Balaban J connectivity index is 2.49. The van der Waals surface area contributed by atoms with Gasteiger partial charge in [0.25, 0.3) is 5.91 Å². The molecule has 108 valence electrons. The summed E-state index contributed by atoms with van der Waals surface area (Å²) in [4.78, 5) is 21.7. The molecule has 1 rings (SSSR count). The largest absolute Gasteiger partial charge is 0.402 e. The molecule has 1 aromatic carbocycles. The first kappa shape index (κ1) is 16.0. The summed E-state index contributed by atoms with van der Waals surface area (Å²) >= 11 is 0. The maximum absolute atomic E-state index is 11.1. The van der Waals surface area contributed by atoms with Crippen LogP contribution < -0.4 is 11.5 Å². The van der Waals surface area contributed by atoms with E-state index in [9.17, 15) is 9.59 Å². The van der Waals surface area contributed by atoms with Gasteiger partial charge in [-0.3, -0.25) is 9.59 Å². The zero-order valence-corrected chi connectivity index (χ0v) is 11.9. The van der Waals surface area contributed by atoms with Crippen molar-refractivity contribution in [3.63, 3.8) is 0 Å². The van der Waals surface area contributed by atoms with Gasteiger partial charge in [0, 0.05) is 11.8 Å². The number of carbonyl (C=O) groups excluding carboxylic acids is 2. The summed E-state index contributed by atoms with van der Waals surface area (Å²) < 4.78 is 0. The Morgan fingerprint density at radius 3 is 2.10 bits per heavy atom. The van der Waals surface area contributed by atoms with Crippen molar-refractivity contribution in [1.82, 2.24) is 0 Å². The molecule has 0 heterocycles. The van der Waals surface area contributed by atoms with Crippen molar-refractivity contribution in [2.75, 3.05) is 0 Å². The molecule has 1 amide bonds. The van der Waals surface area contributed by atoms with Gasteiger partial charge in [-0.1, -0.05) is 37.6 Å². The van der Waals surface area contributed by atoms with Crippen LogP contribution in [-0.4, -0.2) is 11.7 Å². The number of aryl methyl sites for hydroxylation is 2. The monoisotopic (exact) mass is 274 g/mol. The molecule has 0 spiro atoms. The molecule has 4 N–H and O–H groups in total. The lowest BCUT2D eigenvalue weighted by molar-refractivity contribution is -0.133. The smallest absolute Gasteiger partial charge is 0.289 e. The molecule has 1 aromatic rings. The molecule has 0 atom stereocenters. The Morgan fingerprint density at radius 1 is 1.05 bits per heavy atom. The summed E-state index contributed by atoms with van der Waals surface area (Å²) in [7, 11) is 0. The van der Waals surface area contributed by atoms with E-state index >= 15 is 0 Å². The van der Waals surface area contributed by atoms with Crippen LogP contribution in [0.1, 0.15) is 37.3 Å². The number of hydrogen-bond acceptors (Lipinski definition) is 3. The number of ketones is 1. The van der Waals surface area contributed by atoms with Crippen molar-refractivity contribution in [2.24, 2.45) is 11.5 Å². The number of amides is 1. The van der Waals surface area contributed by atoms with E-state index in [4.69, 9.17) is 11.5 Å². The highest BCUT2D eigenvalue weighted by Gasteiger charge is 2.06. The van der Waals surface area contributed by atoms with Crippen LogP contribution in [0.5, 0.6) is 0 Å². The van der Waals surface area contributed by atoms with E-state index in [0.29, 0.717) is 12.1 Å². The minimum atomic E-state index is -0.978. The Morgan fingerprint density at radius 2 is 1.60 bits per heavy atom. The van der Waals surface area contributed by atoms with E-state index in [1.165, 1.54) is 18.4 Å². The molecule has 0 radical (unpaired) electrons. The fourth-order valence-electron chi connectivity index (χ4n) is 1.85. The van der Waals surface area contributed by atoms with Crippen molar-refractivity contribution in [3.05, 3.63) is 47.2 Å². The zero-order valence-electron chi connectivity index (χ0n) is 11.9. The first-order valence-electron chi connectivity index (χ1n) is 6.90. The van der Waals surface area contributed by atoms with Gasteiger partial charge in [-0.05, 0) is 36.8 Å². The number of carbonyl (C=O) groups is 2. The van der Waals surface area contributed by atoms with Gasteiger partial charge in [-0.2, -0.15) is 0 Å². The summed E-state index contributed by atoms with van der Waals surface area (Å²) in [6, 6.07) is 8.40. The van der Waals surface area contributed by atoms with Gasteiger partial charge in [0.05, 0.1) is 0 Å². The van der Waals surface area contributed by atoms with E-state index in [1.807, 2.05) is 0 Å². The Hall–Kier alpha value is -2.10. The normalized spacial score (nSPS) is 11.3. The number of unbranched alkanes of at least 4 members (excludes halogenated alkanes) is 1. The molecule has 0 saturated carbocycles. The number of rotatable bonds is 8. The van der Waals surface area contributed by atoms with Crippen LogP contribution in [0.15, 0.2) is 36.0 Å². The third-order valence-corrected chi connectivity index (χ3v) is 3.10. The first-order chi connectivity index (χ1) is 9.52. The van der Waals surface area contributed by atoms with Gasteiger partial charge in [0.1, 0.15) is 0 Å². The highest BCUT2D eigenvalue weighted by atomic mass is 16.2. The quantitative estimate of drug-likeness (QED) is 0.560. The molecular formula is C16H22N2O2. The van der Waals surface area contributed by atoms with Gasteiger partial charge in [0.2, 0.25) is 5.78 Å². The topological polar surface area (TPSA) is 86.2 Å². The molecule has 4 heteroatoms. The van der Waals surface area contributed by atoms with Crippen LogP contribution >= 0.6 is 0 Å². The fourth-order valence-corrected chi connectivity index (χ4v) is 1.85. The second-order valence-corrected chi connectivity index (χ2v) is 4.87. The molecule has 0 bridgehead atoms. The third kappa shape index (κ3) is 5.69. The van der Waals surface area contributed by atoms with Gasteiger partial charge < -0.3 is 11.5 Å². The van der Waals surface area contributed by atoms with Crippen molar-refractivity contribution in [2.45, 2.75) is 39.0 Å². The number of benzene rings is 1. The van der Waals surface area contributed by atoms with Crippen molar-refractivity contribution in [1.29, 1.82) is 0 Å². The lowest BCUT2D eigenvalue weighted by atomic mass is 10.0. The highest BCUT2D eigenvalue weighted by molar-refractivity contribution is 6.40. The average molecular weight is 274 g/mol. The Labute approximate surface area is 119 Å². The summed E-state index contributed by atoms with van der Waals surface area (Å²) in [6.07, 6.45) is 5.88. The van der Waals surface area contributed by atoms with Crippen LogP contribution in [0, 0.1) is 0 Å². The fraction of sp³-hybridized carbons (Fsp3) is 0.375. The minimum absolute atomic E-state index is 0.379. The highest BCUT2D eigenvalue weighted by Crippen LogP contribution is 2.10.